The zero-order valence-electron chi connectivity index (χ0n) is 5.96. The van der Waals surface area contributed by atoms with Crippen LogP contribution in [0.4, 0.5) is 0 Å². The van der Waals surface area contributed by atoms with Gasteiger partial charge in [0.05, 0.1) is 0 Å². The van der Waals surface area contributed by atoms with Gasteiger partial charge in [-0.25, -0.2) is 0 Å². The highest BCUT2D eigenvalue weighted by atomic mass is 16.3. The Balaban J connectivity index is 3.36. The molecule has 2 nitrogen and oxygen atoms in total. The molecule has 0 saturated carbocycles. The van der Waals surface area contributed by atoms with E-state index in [1.54, 1.807) is 6.08 Å². The largest absolute Gasteiger partial charge is 0.509 e. The van der Waals surface area contributed by atoms with Crippen LogP contribution >= 0.6 is 0 Å². The normalized spacial score (nSPS) is 11.0. The molecule has 0 aromatic carbocycles. The Bertz CT molecular complexity index is 116. The van der Waals surface area contributed by atoms with Crippen LogP contribution in [0.15, 0.2) is 24.5 Å². The van der Waals surface area contributed by atoms with Crippen LogP contribution in [0.25, 0.3) is 0 Å². The molecule has 0 aliphatic rings. The molecule has 0 spiro atoms. The fraction of sp³-hybridized carbons (Fsp3) is 0.429. The van der Waals surface area contributed by atoms with E-state index in [1.807, 2.05) is 25.1 Å². The summed E-state index contributed by atoms with van der Waals surface area (Å²) in [5.74, 6) is 0.108. The van der Waals surface area contributed by atoms with Crippen molar-refractivity contribution in [3.05, 3.63) is 24.5 Å². The Morgan fingerprint density at radius 1 is 1.67 bits per heavy atom. The van der Waals surface area contributed by atoms with Gasteiger partial charge in [-0.15, -0.1) is 0 Å². The minimum absolute atomic E-state index is 0.108. The second kappa shape index (κ2) is 4.15. The molecular weight excluding hydrogens is 114 g/mol. The van der Waals surface area contributed by atoms with Gasteiger partial charge in [-0.05, 0) is 20.2 Å². The second-order valence-corrected chi connectivity index (χ2v) is 2.16. The Morgan fingerprint density at radius 2 is 2.22 bits per heavy atom. The lowest BCUT2D eigenvalue weighted by molar-refractivity contribution is 0.431. The molecule has 0 atom stereocenters. The van der Waals surface area contributed by atoms with E-state index in [1.165, 1.54) is 0 Å². The van der Waals surface area contributed by atoms with E-state index >= 15 is 0 Å². The third-order valence-corrected chi connectivity index (χ3v) is 0.781. The van der Waals surface area contributed by atoms with Gasteiger partial charge in [0.25, 0.3) is 0 Å². The maximum Gasteiger partial charge on any atom is 0.108 e. The van der Waals surface area contributed by atoms with E-state index in [0.29, 0.717) is 0 Å². The van der Waals surface area contributed by atoms with E-state index in [2.05, 4.69) is 6.58 Å². The standard InChI is InChI=1S/C7H13NO/c1-7(9)5-4-6-8(2)3/h4-5,9H,1,6H2,2-3H3/b5-4+. The maximum absolute atomic E-state index is 8.57. The first kappa shape index (κ1) is 8.24. The lowest BCUT2D eigenvalue weighted by atomic mass is 10.4. The summed E-state index contributed by atoms with van der Waals surface area (Å²) in [5.41, 5.74) is 0. The van der Waals surface area contributed by atoms with Crippen molar-refractivity contribution in [3.8, 4) is 0 Å². The average molecular weight is 127 g/mol. The molecule has 0 aliphatic heterocycles. The first-order chi connectivity index (χ1) is 4.13. The Labute approximate surface area is 56.1 Å². The molecule has 0 bridgehead atoms. The minimum Gasteiger partial charge on any atom is -0.509 e. The molecule has 0 unspecified atom stereocenters. The molecule has 0 radical (unpaired) electrons. The molecule has 2 heteroatoms. The van der Waals surface area contributed by atoms with Crippen molar-refractivity contribution in [2.75, 3.05) is 20.6 Å². The fourth-order valence-corrected chi connectivity index (χ4v) is 0.400. The van der Waals surface area contributed by atoms with Crippen LogP contribution in [-0.4, -0.2) is 30.6 Å². The van der Waals surface area contributed by atoms with Crippen LogP contribution in [0.1, 0.15) is 0 Å². The van der Waals surface area contributed by atoms with E-state index in [-0.39, 0.29) is 5.76 Å². The summed E-state index contributed by atoms with van der Waals surface area (Å²) in [7, 11) is 3.93. The molecule has 0 amide bonds. The first-order valence-corrected chi connectivity index (χ1v) is 2.82. The lowest BCUT2D eigenvalue weighted by Crippen LogP contribution is -2.10. The zero-order chi connectivity index (χ0) is 7.28. The molecule has 0 heterocycles. The van der Waals surface area contributed by atoms with Crippen molar-refractivity contribution < 1.29 is 5.11 Å². The van der Waals surface area contributed by atoms with Crippen LogP contribution in [-0.2, 0) is 0 Å². The van der Waals surface area contributed by atoms with Gasteiger partial charge in [-0.3, -0.25) is 0 Å². The summed E-state index contributed by atoms with van der Waals surface area (Å²) < 4.78 is 0. The zero-order valence-corrected chi connectivity index (χ0v) is 5.96. The number of aliphatic hydroxyl groups is 1. The quantitative estimate of drug-likeness (QED) is 0.454. The van der Waals surface area contributed by atoms with E-state index < -0.39 is 0 Å². The topological polar surface area (TPSA) is 23.5 Å². The summed E-state index contributed by atoms with van der Waals surface area (Å²) in [6, 6.07) is 0. The van der Waals surface area contributed by atoms with Crippen LogP contribution in [0, 0.1) is 0 Å². The number of rotatable bonds is 3. The van der Waals surface area contributed by atoms with Gasteiger partial charge in [0.1, 0.15) is 5.76 Å². The monoisotopic (exact) mass is 127 g/mol. The van der Waals surface area contributed by atoms with Crippen molar-refractivity contribution in [2.24, 2.45) is 0 Å². The molecule has 0 saturated heterocycles. The molecule has 0 aromatic heterocycles. The molecular formula is C7H13NO. The van der Waals surface area contributed by atoms with Gasteiger partial charge >= 0.3 is 0 Å². The summed E-state index contributed by atoms with van der Waals surface area (Å²) in [4.78, 5) is 2.00. The van der Waals surface area contributed by atoms with Gasteiger partial charge in [0, 0.05) is 6.54 Å². The number of aliphatic hydroxyl groups excluding tert-OH is 1. The number of hydrogen-bond donors (Lipinski definition) is 1. The maximum atomic E-state index is 8.57. The Kier molecular flexibility index (Phi) is 3.80. The molecule has 9 heavy (non-hydrogen) atoms. The van der Waals surface area contributed by atoms with Crippen molar-refractivity contribution in [3.63, 3.8) is 0 Å². The van der Waals surface area contributed by atoms with Gasteiger partial charge in [-0.2, -0.15) is 0 Å². The van der Waals surface area contributed by atoms with Crippen LogP contribution in [0.3, 0.4) is 0 Å². The summed E-state index contributed by atoms with van der Waals surface area (Å²) >= 11 is 0. The third-order valence-electron chi connectivity index (χ3n) is 0.781. The molecule has 0 aromatic rings. The number of allylic oxidation sites excluding steroid dienone is 1. The van der Waals surface area contributed by atoms with Crippen LogP contribution < -0.4 is 0 Å². The summed E-state index contributed by atoms with van der Waals surface area (Å²) in [6.07, 6.45) is 3.43. The minimum atomic E-state index is 0.108. The van der Waals surface area contributed by atoms with Gasteiger partial charge in [0.15, 0.2) is 0 Å². The highest BCUT2D eigenvalue weighted by Crippen LogP contribution is 1.84. The van der Waals surface area contributed by atoms with Gasteiger partial charge < -0.3 is 10.0 Å². The Morgan fingerprint density at radius 3 is 2.56 bits per heavy atom. The van der Waals surface area contributed by atoms with Crippen LogP contribution in [0.5, 0.6) is 0 Å². The van der Waals surface area contributed by atoms with Crippen molar-refractivity contribution in [2.45, 2.75) is 0 Å². The molecule has 0 fully saturated rings. The fourth-order valence-electron chi connectivity index (χ4n) is 0.400. The molecule has 0 aliphatic carbocycles. The van der Waals surface area contributed by atoms with Crippen molar-refractivity contribution in [1.29, 1.82) is 0 Å². The van der Waals surface area contributed by atoms with E-state index in [0.717, 1.165) is 6.54 Å². The molecule has 52 valence electrons. The van der Waals surface area contributed by atoms with Gasteiger partial charge in [0.2, 0.25) is 0 Å². The van der Waals surface area contributed by atoms with Crippen LogP contribution in [0.2, 0.25) is 0 Å². The molecule has 1 N–H and O–H groups in total. The lowest BCUT2D eigenvalue weighted by Gasteiger charge is -2.02. The number of likely N-dealkylation sites (N-methyl/N-ethyl adjacent to an activating group) is 1. The average Bonchev–Trinajstić information content (AvgIpc) is 1.63. The van der Waals surface area contributed by atoms with E-state index in [4.69, 9.17) is 5.11 Å². The van der Waals surface area contributed by atoms with Crippen molar-refractivity contribution in [1.82, 2.24) is 4.90 Å². The van der Waals surface area contributed by atoms with Gasteiger partial charge in [-0.1, -0.05) is 12.7 Å². The predicted molar refractivity (Wildman–Crippen MR) is 39.5 cm³/mol. The number of hydrogen-bond acceptors (Lipinski definition) is 2. The Hall–Kier alpha value is -0.760. The highest BCUT2D eigenvalue weighted by molar-refractivity contribution is 5.05. The smallest absolute Gasteiger partial charge is 0.108 e. The molecule has 0 rings (SSSR count). The van der Waals surface area contributed by atoms with Crippen molar-refractivity contribution >= 4 is 0 Å². The van der Waals surface area contributed by atoms with E-state index in [9.17, 15) is 0 Å². The predicted octanol–water partition coefficient (Wildman–Crippen LogP) is 1.18. The second-order valence-electron chi connectivity index (χ2n) is 2.16. The first-order valence-electron chi connectivity index (χ1n) is 2.82. The SMILES string of the molecule is C=C(O)/C=C/CN(C)C. The number of nitrogens with zero attached hydrogens (tertiary/aromatic N) is 1. The summed E-state index contributed by atoms with van der Waals surface area (Å²) in [5, 5.41) is 8.57. The highest BCUT2D eigenvalue weighted by Gasteiger charge is 1.81. The summed E-state index contributed by atoms with van der Waals surface area (Å²) in [6.45, 7) is 4.14. The third kappa shape index (κ3) is 7.24.